The number of esters is 2. The van der Waals surface area contributed by atoms with Crippen molar-refractivity contribution in [2.24, 2.45) is 0 Å². The summed E-state index contributed by atoms with van der Waals surface area (Å²) in [6, 6.07) is 5.76. The number of nitro groups is 1. The second-order valence-electron chi connectivity index (χ2n) is 6.88. The van der Waals surface area contributed by atoms with Crippen LogP contribution in [-0.2, 0) is 9.47 Å². The monoisotopic (exact) mass is 387 g/mol. The number of ether oxygens (including phenoxy) is 2. The highest BCUT2D eigenvalue weighted by Crippen LogP contribution is 2.36. The molecule has 0 saturated heterocycles. The summed E-state index contributed by atoms with van der Waals surface area (Å²) in [5, 5.41) is 19.3. The summed E-state index contributed by atoms with van der Waals surface area (Å²) in [5.74, 6) is -1.61. The van der Waals surface area contributed by atoms with E-state index in [1.54, 1.807) is 33.8 Å². The van der Waals surface area contributed by atoms with Gasteiger partial charge in [0.15, 0.2) is 5.69 Å². The van der Waals surface area contributed by atoms with Gasteiger partial charge in [-0.15, -0.1) is 5.10 Å². The largest absolute Gasteiger partial charge is 0.461 e. The number of hydrogen-bond acceptors (Lipinski definition) is 8. The molecule has 0 atom stereocenters. The van der Waals surface area contributed by atoms with E-state index in [-0.39, 0.29) is 40.4 Å². The van der Waals surface area contributed by atoms with Crippen molar-refractivity contribution in [1.82, 2.24) is 10.2 Å². The molecule has 0 bridgehead atoms. The van der Waals surface area contributed by atoms with Crippen LogP contribution in [0.5, 0.6) is 0 Å². The smallest absolute Gasteiger partial charge is 0.359 e. The van der Waals surface area contributed by atoms with Crippen LogP contribution < -0.4 is 0 Å². The van der Waals surface area contributed by atoms with Crippen molar-refractivity contribution in [2.45, 2.75) is 40.2 Å². The van der Waals surface area contributed by atoms with Crippen LogP contribution in [0.25, 0.3) is 11.1 Å². The fourth-order valence-electron chi connectivity index (χ4n) is 2.55. The minimum Gasteiger partial charge on any atom is -0.461 e. The number of carbonyl (C=O) groups excluding carboxylic acids is 2. The molecular weight excluding hydrogens is 366 g/mol. The summed E-state index contributed by atoms with van der Waals surface area (Å²) >= 11 is 0. The highest BCUT2D eigenvalue weighted by molar-refractivity contribution is 6.06. The van der Waals surface area contributed by atoms with Gasteiger partial charge in [0.2, 0.25) is 0 Å². The minimum absolute atomic E-state index is 0.0347. The summed E-state index contributed by atoms with van der Waals surface area (Å²) in [5.41, 5.74) is -1.27. The van der Waals surface area contributed by atoms with Crippen molar-refractivity contribution >= 4 is 17.6 Å². The number of aryl methyl sites for hydroxylation is 1. The maximum absolute atomic E-state index is 12.9. The van der Waals surface area contributed by atoms with E-state index in [0.29, 0.717) is 0 Å². The zero-order valence-corrected chi connectivity index (χ0v) is 16.3. The standard InChI is InChI=1S/C19H21N3O6/c1-6-27-18(24)16-15(12-9-7-8-10-13(12)22(25)26)14(11(2)20-21-16)17(23)28-19(3,4)5/h7-10H,6H2,1-5H3. The number of aromatic nitrogens is 2. The van der Waals surface area contributed by atoms with E-state index in [2.05, 4.69) is 10.2 Å². The number of carbonyl (C=O) groups is 2. The number of nitro benzene ring substituents is 1. The fraction of sp³-hybridized carbons (Fsp3) is 0.368. The molecule has 9 heteroatoms. The van der Waals surface area contributed by atoms with Crippen molar-refractivity contribution in [3.8, 4) is 11.1 Å². The molecule has 148 valence electrons. The predicted molar refractivity (Wildman–Crippen MR) is 100.0 cm³/mol. The van der Waals surface area contributed by atoms with E-state index >= 15 is 0 Å². The predicted octanol–water partition coefficient (Wildman–Crippen LogP) is 3.49. The molecule has 2 rings (SSSR count). The van der Waals surface area contributed by atoms with Crippen molar-refractivity contribution in [3.63, 3.8) is 0 Å². The van der Waals surface area contributed by atoms with Gasteiger partial charge < -0.3 is 9.47 Å². The van der Waals surface area contributed by atoms with Gasteiger partial charge in [-0.05, 0) is 40.7 Å². The molecule has 1 aromatic heterocycles. The number of nitrogens with zero attached hydrogens (tertiary/aromatic N) is 3. The first-order valence-electron chi connectivity index (χ1n) is 8.58. The maximum Gasteiger partial charge on any atom is 0.359 e. The van der Waals surface area contributed by atoms with Crippen LogP contribution in [0.4, 0.5) is 5.69 Å². The van der Waals surface area contributed by atoms with Gasteiger partial charge in [0.05, 0.1) is 28.4 Å². The summed E-state index contributed by atoms with van der Waals surface area (Å²) in [7, 11) is 0. The van der Waals surface area contributed by atoms with Gasteiger partial charge in [0, 0.05) is 11.6 Å². The SMILES string of the molecule is CCOC(=O)c1nnc(C)c(C(=O)OC(C)(C)C)c1-c1ccccc1[N+](=O)[O-]. The van der Waals surface area contributed by atoms with Crippen LogP contribution in [0.1, 0.15) is 54.2 Å². The van der Waals surface area contributed by atoms with Crippen LogP contribution in [0, 0.1) is 17.0 Å². The molecule has 0 aliphatic carbocycles. The second-order valence-corrected chi connectivity index (χ2v) is 6.88. The van der Waals surface area contributed by atoms with E-state index in [1.165, 1.54) is 25.1 Å². The van der Waals surface area contributed by atoms with Crippen molar-refractivity contribution in [2.75, 3.05) is 6.61 Å². The molecule has 0 fully saturated rings. The van der Waals surface area contributed by atoms with Crippen LogP contribution in [0.3, 0.4) is 0 Å². The Balaban J connectivity index is 2.86. The Labute approximate surface area is 161 Å². The molecule has 0 aliphatic heterocycles. The minimum atomic E-state index is -0.840. The van der Waals surface area contributed by atoms with E-state index < -0.39 is 22.5 Å². The Hall–Kier alpha value is -3.36. The number of hydrogen-bond donors (Lipinski definition) is 0. The molecule has 2 aromatic rings. The normalized spacial score (nSPS) is 11.0. The average molecular weight is 387 g/mol. The van der Waals surface area contributed by atoms with Gasteiger partial charge in [-0.25, -0.2) is 9.59 Å². The Morgan fingerprint density at radius 2 is 1.79 bits per heavy atom. The molecule has 0 N–H and O–H groups in total. The fourth-order valence-corrected chi connectivity index (χ4v) is 2.55. The first kappa shape index (κ1) is 20.9. The van der Waals surface area contributed by atoms with Gasteiger partial charge >= 0.3 is 11.9 Å². The molecule has 9 nitrogen and oxygen atoms in total. The third-order valence-corrected chi connectivity index (χ3v) is 3.59. The molecule has 0 saturated carbocycles. The van der Waals surface area contributed by atoms with Crippen LogP contribution in [-0.4, -0.2) is 39.3 Å². The summed E-state index contributed by atoms with van der Waals surface area (Å²) in [4.78, 5) is 36.3. The van der Waals surface area contributed by atoms with Crippen LogP contribution >= 0.6 is 0 Å². The summed E-state index contributed by atoms with van der Waals surface area (Å²) in [6.07, 6.45) is 0. The highest BCUT2D eigenvalue weighted by atomic mass is 16.6. The third kappa shape index (κ3) is 4.48. The van der Waals surface area contributed by atoms with E-state index in [4.69, 9.17) is 9.47 Å². The molecule has 0 spiro atoms. The first-order valence-corrected chi connectivity index (χ1v) is 8.58. The average Bonchev–Trinajstić information content (AvgIpc) is 2.59. The highest BCUT2D eigenvalue weighted by Gasteiger charge is 2.32. The van der Waals surface area contributed by atoms with Gasteiger partial charge in [-0.2, -0.15) is 5.10 Å². The first-order chi connectivity index (χ1) is 13.1. The Kier molecular flexibility index (Phi) is 6.07. The number of rotatable bonds is 5. The lowest BCUT2D eigenvalue weighted by Crippen LogP contribution is -2.26. The molecule has 0 unspecified atom stereocenters. The molecule has 1 heterocycles. The van der Waals surface area contributed by atoms with Gasteiger partial charge in [0.25, 0.3) is 5.69 Å². The number of benzene rings is 1. The molecule has 28 heavy (non-hydrogen) atoms. The lowest BCUT2D eigenvalue weighted by atomic mass is 9.95. The Morgan fingerprint density at radius 3 is 2.36 bits per heavy atom. The Morgan fingerprint density at radius 1 is 1.14 bits per heavy atom. The molecule has 1 aromatic carbocycles. The lowest BCUT2D eigenvalue weighted by Gasteiger charge is -2.21. The van der Waals surface area contributed by atoms with E-state index in [1.807, 2.05) is 0 Å². The van der Waals surface area contributed by atoms with Gasteiger partial charge in [-0.1, -0.05) is 12.1 Å². The summed E-state index contributed by atoms with van der Waals surface area (Å²) in [6.45, 7) is 8.24. The van der Waals surface area contributed by atoms with Crippen LogP contribution in [0.15, 0.2) is 24.3 Å². The zero-order valence-electron chi connectivity index (χ0n) is 16.3. The maximum atomic E-state index is 12.9. The molecular formula is C19H21N3O6. The lowest BCUT2D eigenvalue weighted by molar-refractivity contribution is -0.384. The zero-order chi connectivity index (χ0) is 21.1. The number of para-hydroxylation sites is 1. The summed E-state index contributed by atoms with van der Waals surface area (Å²) < 4.78 is 10.4. The topological polar surface area (TPSA) is 122 Å². The molecule has 0 amide bonds. The van der Waals surface area contributed by atoms with Gasteiger partial charge in [-0.3, -0.25) is 10.1 Å². The third-order valence-electron chi connectivity index (χ3n) is 3.59. The van der Waals surface area contributed by atoms with Gasteiger partial charge in [0.1, 0.15) is 5.60 Å². The van der Waals surface area contributed by atoms with Crippen molar-refractivity contribution < 1.29 is 24.0 Å². The second kappa shape index (κ2) is 8.12. The Bertz CT molecular complexity index is 934. The molecule has 0 aliphatic rings. The quantitative estimate of drug-likeness (QED) is 0.434. The van der Waals surface area contributed by atoms with Crippen molar-refractivity contribution in [1.29, 1.82) is 0 Å². The van der Waals surface area contributed by atoms with E-state index in [9.17, 15) is 19.7 Å². The molecule has 0 radical (unpaired) electrons. The van der Waals surface area contributed by atoms with E-state index in [0.717, 1.165) is 0 Å². The van der Waals surface area contributed by atoms with Crippen LogP contribution in [0.2, 0.25) is 0 Å². The van der Waals surface area contributed by atoms with Crippen molar-refractivity contribution in [3.05, 3.63) is 51.3 Å².